The van der Waals surface area contributed by atoms with E-state index in [1.807, 2.05) is 0 Å². The Morgan fingerprint density at radius 2 is 1.89 bits per heavy atom. The first-order valence-corrected chi connectivity index (χ1v) is 13.5. The van der Waals surface area contributed by atoms with Crippen LogP contribution in [-0.2, 0) is 37.6 Å². The van der Waals surface area contributed by atoms with E-state index in [1.165, 1.54) is 43.0 Å². The highest BCUT2D eigenvalue weighted by Gasteiger charge is 2.68. The van der Waals surface area contributed by atoms with Crippen molar-refractivity contribution in [2.24, 2.45) is 12.5 Å². The summed E-state index contributed by atoms with van der Waals surface area (Å²) in [4.78, 5) is 38.3. The lowest BCUT2D eigenvalue weighted by Crippen LogP contribution is -2.74. The molecule has 2 aliphatic rings. The van der Waals surface area contributed by atoms with Crippen molar-refractivity contribution in [3.63, 3.8) is 0 Å². The highest BCUT2D eigenvalue weighted by molar-refractivity contribution is 8.15. The van der Waals surface area contributed by atoms with Crippen LogP contribution in [0, 0.1) is 15.5 Å². The fourth-order valence-corrected chi connectivity index (χ4v) is 8.80. The number of non-ortho nitro benzene ring substituents is 1. The average molecular weight is 551 g/mol. The predicted molar refractivity (Wildman–Crippen MR) is 132 cm³/mol. The van der Waals surface area contributed by atoms with Gasteiger partial charge in [-0.1, -0.05) is 44.7 Å². The average Bonchev–Trinajstić information content (AvgIpc) is 3.22. The van der Waals surface area contributed by atoms with E-state index >= 15 is 0 Å². The van der Waals surface area contributed by atoms with E-state index in [1.54, 1.807) is 27.8 Å². The molecule has 4 rings (SSSR count). The number of sulfone groups is 1. The molecule has 1 aromatic heterocycles. The summed E-state index contributed by atoms with van der Waals surface area (Å²) in [5.41, 5.74) is -0.475. The number of aromatic nitrogens is 4. The number of ketones is 1. The summed E-state index contributed by atoms with van der Waals surface area (Å²) in [6, 6.07) is 5.50. The number of hydrogen-bond donors (Lipinski definition) is 0. The molecule has 1 amide bonds. The van der Waals surface area contributed by atoms with E-state index in [9.17, 15) is 28.1 Å². The number of nitro groups is 1. The lowest BCUT2D eigenvalue weighted by molar-refractivity contribution is -0.384. The van der Waals surface area contributed by atoms with Gasteiger partial charge in [-0.15, -0.1) is 5.10 Å². The number of benzene rings is 1. The van der Waals surface area contributed by atoms with Gasteiger partial charge in [-0.2, -0.15) is 0 Å². The maximum Gasteiger partial charge on any atom is 0.269 e. The summed E-state index contributed by atoms with van der Waals surface area (Å²) in [6.45, 7) is 6.57. The lowest BCUT2D eigenvalue weighted by Gasteiger charge is -2.54. The number of methoxy groups -OCH3 is 1. The molecule has 15 heteroatoms. The minimum absolute atomic E-state index is 0.00448. The van der Waals surface area contributed by atoms with E-state index in [-0.39, 0.29) is 28.5 Å². The molecule has 0 aliphatic carbocycles. The summed E-state index contributed by atoms with van der Waals surface area (Å²) < 4.78 is 33.6. The molecule has 13 nitrogen and oxygen atoms in total. The number of fused-ring (bicyclic) bond motifs is 1. The smallest absolute Gasteiger partial charge is 0.269 e. The van der Waals surface area contributed by atoms with Gasteiger partial charge in [0.1, 0.15) is 0 Å². The molecule has 0 spiro atoms. The molecule has 37 heavy (non-hydrogen) atoms. The van der Waals surface area contributed by atoms with Gasteiger partial charge in [-0.3, -0.25) is 24.6 Å². The van der Waals surface area contributed by atoms with Gasteiger partial charge in [0, 0.05) is 38.1 Å². The van der Waals surface area contributed by atoms with E-state index in [0.717, 1.165) is 16.7 Å². The van der Waals surface area contributed by atoms with Crippen molar-refractivity contribution in [2.75, 3.05) is 7.11 Å². The van der Waals surface area contributed by atoms with Crippen LogP contribution in [0.5, 0.6) is 0 Å². The maximum atomic E-state index is 14.4. The number of hydrogen-bond acceptors (Lipinski definition) is 11. The molecule has 198 valence electrons. The number of Topliss-reactive ketones (excluding diaryl/α,β-unsaturated/α-hetero) is 1. The third kappa shape index (κ3) is 4.05. The van der Waals surface area contributed by atoms with Gasteiger partial charge < -0.3 is 4.74 Å². The maximum absolute atomic E-state index is 14.4. The van der Waals surface area contributed by atoms with Crippen molar-refractivity contribution in [1.29, 1.82) is 0 Å². The fraction of sp³-hybridized carbons (Fsp3) is 0.500. The zero-order valence-electron chi connectivity index (χ0n) is 21.0. The first kappa shape index (κ1) is 26.9. The molecule has 3 atom stereocenters. The van der Waals surface area contributed by atoms with E-state index in [0.29, 0.717) is 5.56 Å². The number of aryl methyl sites for hydroxylation is 1. The molecule has 1 unspecified atom stereocenters. The first-order valence-electron chi connectivity index (χ1n) is 11.2. The molecule has 1 fully saturated rings. The van der Waals surface area contributed by atoms with Crippen molar-refractivity contribution >= 4 is 39.0 Å². The van der Waals surface area contributed by atoms with Crippen LogP contribution in [0.3, 0.4) is 0 Å². The molecule has 0 bridgehead atoms. The third-order valence-corrected chi connectivity index (χ3v) is 11.2. The topological polar surface area (TPSA) is 167 Å². The minimum Gasteiger partial charge on any atom is -0.368 e. The summed E-state index contributed by atoms with van der Waals surface area (Å²) in [7, 11) is -1.52. The van der Waals surface area contributed by atoms with Crippen molar-refractivity contribution in [1.82, 2.24) is 25.1 Å². The number of carbonyl (C=O) groups is 2. The van der Waals surface area contributed by atoms with Crippen LogP contribution in [0.25, 0.3) is 0 Å². The molecule has 0 radical (unpaired) electrons. The number of nitro benzene ring substituents is 1. The molecular weight excluding hydrogens is 524 g/mol. The van der Waals surface area contributed by atoms with Crippen LogP contribution < -0.4 is 0 Å². The van der Waals surface area contributed by atoms with Gasteiger partial charge in [0.25, 0.3) is 11.6 Å². The molecule has 2 aliphatic heterocycles. The Balaban J connectivity index is 2.01. The zero-order valence-corrected chi connectivity index (χ0v) is 22.7. The second-order valence-corrected chi connectivity index (χ2v) is 13.7. The largest absolute Gasteiger partial charge is 0.368 e. The van der Waals surface area contributed by atoms with E-state index in [2.05, 4.69) is 15.5 Å². The number of nitrogens with zero attached hydrogens (tertiary/aromatic N) is 6. The molecule has 0 saturated carbocycles. The Hall–Kier alpha value is -3.17. The van der Waals surface area contributed by atoms with Crippen LogP contribution in [0.2, 0.25) is 0 Å². The fourth-order valence-electron chi connectivity index (χ4n) is 4.46. The second kappa shape index (κ2) is 8.99. The predicted octanol–water partition coefficient (Wildman–Crippen LogP) is 1.65. The normalized spacial score (nSPS) is 25.0. The number of amides is 1. The Labute approximate surface area is 217 Å². The number of thioether (sulfide) groups is 1. The molecule has 3 heterocycles. The van der Waals surface area contributed by atoms with Gasteiger partial charge in [-0.25, -0.2) is 13.1 Å². The highest BCUT2D eigenvalue weighted by Crippen LogP contribution is 2.55. The van der Waals surface area contributed by atoms with E-state index in [4.69, 9.17) is 4.74 Å². The van der Waals surface area contributed by atoms with Gasteiger partial charge in [-0.05, 0) is 28.5 Å². The monoisotopic (exact) mass is 550 g/mol. The first-order chi connectivity index (χ1) is 17.2. The van der Waals surface area contributed by atoms with Gasteiger partial charge in [0.05, 0.1) is 10.6 Å². The van der Waals surface area contributed by atoms with Crippen molar-refractivity contribution < 1.29 is 27.7 Å². The van der Waals surface area contributed by atoms with Gasteiger partial charge in [0.15, 0.2) is 31.2 Å². The van der Waals surface area contributed by atoms with Crippen LogP contribution in [0.4, 0.5) is 5.69 Å². The molecule has 2 aromatic rings. The molecule has 1 saturated heterocycles. The number of tetrazole rings is 1. The Kier molecular flexibility index (Phi) is 6.53. The number of carbonyl (C=O) groups excluding carboxylic acids is 2. The Bertz CT molecular complexity index is 1430. The van der Waals surface area contributed by atoms with Crippen molar-refractivity contribution in [3.05, 3.63) is 51.2 Å². The van der Waals surface area contributed by atoms with E-state index < -0.39 is 47.4 Å². The molecule has 1 aromatic carbocycles. The summed E-state index contributed by atoms with van der Waals surface area (Å²) in [5.74, 6) is -1.02. The summed E-state index contributed by atoms with van der Waals surface area (Å²) >= 11 is 0.852. The number of β-lactam (4-membered cyclic amide) rings is 1. The number of ether oxygens (including phenoxy) is 1. The Morgan fingerprint density at radius 3 is 2.38 bits per heavy atom. The lowest BCUT2D eigenvalue weighted by atomic mass is 9.84. The van der Waals surface area contributed by atoms with Crippen molar-refractivity contribution in [3.8, 4) is 0 Å². The number of allylic oxidation sites excluding steroid dienone is 1. The number of rotatable bonds is 7. The van der Waals surface area contributed by atoms with Crippen LogP contribution in [0.1, 0.15) is 33.3 Å². The van der Waals surface area contributed by atoms with Gasteiger partial charge >= 0.3 is 0 Å². The Morgan fingerprint density at radius 1 is 1.27 bits per heavy atom. The third-order valence-electron chi connectivity index (χ3n) is 6.51. The molecular formula is C22H26N6O7S2. The standard InChI is InChI=1S/C22H26N6O7S2/c1-12-15(17(29)21(2,3)4)27-18(30)16(35-6)19(27)37(33,34)22(12,36-20-23-24-25-26(20)5)11-13-7-9-14(10-8-13)28(31)32/h7-10,16,19H,11H2,1-6H3/t16-,19+,22?/m0/s1. The SMILES string of the molecule is CO[C@H]1C(=O)N2C(C(=O)C(C)(C)C)=C(C)C(Cc3ccc([N+](=O)[O-])cc3)(Sc3nnnn3C)S(=O)(=O)[C@H]12. The highest BCUT2D eigenvalue weighted by atomic mass is 32.3. The van der Waals surface area contributed by atoms with Crippen molar-refractivity contribution in [2.45, 2.75) is 54.8 Å². The van der Waals surface area contributed by atoms with Crippen LogP contribution >= 0.6 is 11.8 Å². The van der Waals surface area contributed by atoms with Gasteiger partial charge in [0.2, 0.25) is 5.16 Å². The quantitative estimate of drug-likeness (QED) is 0.279. The molecule has 0 N–H and O–H groups in total. The summed E-state index contributed by atoms with van der Waals surface area (Å²) in [5, 5.41) is 21.3. The minimum atomic E-state index is -4.31. The zero-order chi connectivity index (χ0) is 27.5. The van der Waals surface area contributed by atoms with Crippen LogP contribution in [0.15, 0.2) is 40.7 Å². The second-order valence-electron chi connectivity index (χ2n) is 9.89. The van der Waals surface area contributed by atoms with Crippen LogP contribution in [-0.4, -0.2) is 72.8 Å². The summed E-state index contributed by atoms with van der Waals surface area (Å²) in [6.07, 6.45) is -1.47.